The molecule has 0 saturated heterocycles. The summed E-state index contributed by atoms with van der Waals surface area (Å²) < 4.78 is 0. The van der Waals surface area contributed by atoms with E-state index in [0.29, 0.717) is 0 Å². The van der Waals surface area contributed by atoms with E-state index < -0.39 is 5.97 Å². The van der Waals surface area contributed by atoms with Gasteiger partial charge in [-0.25, -0.2) is 4.79 Å². The number of carboxylic acids is 1. The summed E-state index contributed by atoms with van der Waals surface area (Å²) in [5, 5.41) is 8.97. The van der Waals surface area contributed by atoms with Gasteiger partial charge in [0.1, 0.15) is 0 Å². The van der Waals surface area contributed by atoms with E-state index in [-0.39, 0.29) is 5.41 Å². The molecule has 0 aromatic heterocycles. The normalized spacial score (nSPS) is 12.6. The first-order valence-electron chi connectivity index (χ1n) is 5.74. The number of carbonyl (C=O) groups is 1. The minimum atomic E-state index is -0.894. The quantitative estimate of drug-likeness (QED) is 0.787. The zero-order chi connectivity index (χ0) is 13.2. The minimum absolute atomic E-state index is 0.182. The molecule has 0 bridgehead atoms. The van der Waals surface area contributed by atoms with Crippen LogP contribution < -0.4 is 0 Å². The van der Waals surface area contributed by atoms with Gasteiger partial charge in [0.15, 0.2) is 0 Å². The molecule has 17 heavy (non-hydrogen) atoms. The van der Waals surface area contributed by atoms with Crippen LogP contribution in [-0.4, -0.2) is 11.1 Å². The van der Waals surface area contributed by atoms with Gasteiger partial charge in [-0.1, -0.05) is 50.1 Å². The summed E-state index contributed by atoms with van der Waals surface area (Å²) in [7, 11) is 0. The highest BCUT2D eigenvalue weighted by atomic mass is 16.4. The first-order valence-corrected chi connectivity index (χ1v) is 5.74. The van der Waals surface area contributed by atoms with E-state index in [1.54, 1.807) is 0 Å². The number of rotatable bonds is 2. The first kappa shape index (κ1) is 13.5. The molecule has 92 valence electrons. The monoisotopic (exact) mass is 232 g/mol. The van der Waals surface area contributed by atoms with Gasteiger partial charge < -0.3 is 5.11 Å². The summed E-state index contributed by atoms with van der Waals surface area (Å²) in [4.78, 5) is 10.9. The summed E-state index contributed by atoms with van der Waals surface area (Å²) in [6.45, 7) is 10.1. The average molecular weight is 232 g/mol. The van der Waals surface area contributed by atoms with Crippen molar-refractivity contribution in [3.05, 3.63) is 41.0 Å². The molecule has 1 aromatic carbocycles. The van der Waals surface area contributed by atoms with Crippen LogP contribution in [0.25, 0.3) is 5.57 Å². The molecule has 1 N–H and O–H groups in total. The summed E-state index contributed by atoms with van der Waals surface area (Å²) in [6, 6.07) is 6.16. The first-order chi connectivity index (χ1) is 7.70. The van der Waals surface area contributed by atoms with Crippen LogP contribution in [0.4, 0.5) is 0 Å². The van der Waals surface area contributed by atoms with Crippen molar-refractivity contribution in [2.45, 2.75) is 34.6 Å². The number of hydrogen-bond acceptors (Lipinski definition) is 1. The Balaban J connectivity index is 3.38. The molecule has 0 heterocycles. The standard InChI is InChI=1S/C15H20O2/c1-10-6-11(2)8-12(7-10)13(9-14(16)17)15(3,4)5/h6-9H,1-5H3,(H,16,17)/b13-9-. The van der Waals surface area contributed by atoms with Crippen molar-refractivity contribution in [3.8, 4) is 0 Å². The summed E-state index contributed by atoms with van der Waals surface area (Å²) >= 11 is 0. The maximum absolute atomic E-state index is 10.9. The molecular weight excluding hydrogens is 212 g/mol. The molecule has 0 atom stereocenters. The summed E-state index contributed by atoms with van der Waals surface area (Å²) in [5.41, 5.74) is 3.98. The van der Waals surface area contributed by atoms with Crippen LogP contribution in [0.2, 0.25) is 0 Å². The van der Waals surface area contributed by atoms with Crippen LogP contribution in [0.5, 0.6) is 0 Å². The van der Waals surface area contributed by atoms with Gasteiger partial charge in [-0.15, -0.1) is 0 Å². The van der Waals surface area contributed by atoms with Gasteiger partial charge >= 0.3 is 5.97 Å². The van der Waals surface area contributed by atoms with Crippen molar-refractivity contribution in [3.63, 3.8) is 0 Å². The second kappa shape index (κ2) is 4.74. The smallest absolute Gasteiger partial charge is 0.328 e. The maximum Gasteiger partial charge on any atom is 0.328 e. The molecule has 1 aromatic rings. The predicted octanol–water partition coefficient (Wildman–Crippen LogP) is 3.82. The third-order valence-electron chi connectivity index (χ3n) is 2.61. The molecule has 0 aliphatic carbocycles. The van der Waals surface area contributed by atoms with Gasteiger partial charge in [-0.3, -0.25) is 0 Å². The van der Waals surface area contributed by atoms with E-state index in [1.165, 1.54) is 6.08 Å². The van der Waals surface area contributed by atoms with Gasteiger partial charge in [-0.05, 0) is 30.4 Å². The third kappa shape index (κ3) is 3.74. The molecule has 2 heteroatoms. The lowest BCUT2D eigenvalue weighted by Crippen LogP contribution is -2.10. The highest BCUT2D eigenvalue weighted by Crippen LogP contribution is 2.34. The average Bonchev–Trinajstić information content (AvgIpc) is 2.10. The molecule has 0 fully saturated rings. The highest BCUT2D eigenvalue weighted by molar-refractivity contribution is 5.91. The number of benzene rings is 1. The van der Waals surface area contributed by atoms with Crippen LogP contribution in [-0.2, 0) is 4.79 Å². The van der Waals surface area contributed by atoms with Crippen molar-refractivity contribution in [1.82, 2.24) is 0 Å². The van der Waals surface area contributed by atoms with E-state index >= 15 is 0 Å². The van der Waals surface area contributed by atoms with Gasteiger partial charge in [0, 0.05) is 6.08 Å². The molecule has 0 saturated carbocycles. The zero-order valence-corrected chi connectivity index (χ0v) is 11.2. The van der Waals surface area contributed by atoms with Gasteiger partial charge in [0.2, 0.25) is 0 Å². The van der Waals surface area contributed by atoms with E-state index in [4.69, 9.17) is 5.11 Å². The molecule has 0 aliphatic heterocycles. The second-order valence-electron chi connectivity index (χ2n) is 5.52. The Morgan fingerprint density at radius 3 is 1.94 bits per heavy atom. The number of aryl methyl sites for hydroxylation is 2. The lowest BCUT2D eigenvalue weighted by molar-refractivity contribution is -0.131. The van der Waals surface area contributed by atoms with E-state index in [9.17, 15) is 4.79 Å². The van der Waals surface area contributed by atoms with Crippen molar-refractivity contribution < 1.29 is 9.90 Å². The molecule has 0 radical (unpaired) electrons. The highest BCUT2D eigenvalue weighted by Gasteiger charge is 2.20. The number of aliphatic carboxylic acids is 1. The van der Waals surface area contributed by atoms with Gasteiger partial charge in [-0.2, -0.15) is 0 Å². The largest absolute Gasteiger partial charge is 0.478 e. The van der Waals surface area contributed by atoms with Gasteiger partial charge in [0.25, 0.3) is 0 Å². The summed E-state index contributed by atoms with van der Waals surface area (Å²) in [5.74, 6) is -0.894. The van der Waals surface area contributed by atoms with Crippen LogP contribution in [0.3, 0.4) is 0 Å². The Morgan fingerprint density at radius 2 is 1.59 bits per heavy atom. The zero-order valence-electron chi connectivity index (χ0n) is 11.2. The van der Waals surface area contributed by atoms with Crippen LogP contribution >= 0.6 is 0 Å². The third-order valence-corrected chi connectivity index (χ3v) is 2.61. The number of carboxylic acid groups (broad SMARTS) is 1. The van der Waals surface area contributed by atoms with Crippen molar-refractivity contribution in [2.75, 3.05) is 0 Å². The molecule has 0 amide bonds. The Hall–Kier alpha value is -1.57. The predicted molar refractivity (Wildman–Crippen MR) is 71.0 cm³/mol. The Bertz CT molecular complexity index is 442. The number of allylic oxidation sites excluding steroid dienone is 1. The fourth-order valence-electron chi connectivity index (χ4n) is 1.99. The second-order valence-corrected chi connectivity index (χ2v) is 5.52. The minimum Gasteiger partial charge on any atom is -0.478 e. The molecule has 0 aliphatic rings. The summed E-state index contributed by atoms with van der Waals surface area (Å²) in [6.07, 6.45) is 1.31. The fourth-order valence-corrected chi connectivity index (χ4v) is 1.99. The van der Waals surface area contributed by atoms with Gasteiger partial charge in [0.05, 0.1) is 0 Å². The van der Waals surface area contributed by atoms with E-state index in [0.717, 1.165) is 22.3 Å². The maximum atomic E-state index is 10.9. The lowest BCUT2D eigenvalue weighted by atomic mass is 9.81. The lowest BCUT2D eigenvalue weighted by Gasteiger charge is -2.23. The van der Waals surface area contributed by atoms with Crippen molar-refractivity contribution >= 4 is 11.5 Å². The van der Waals surface area contributed by atoms with Crippen molar-refractivity contribution in [1.29, 1.82) is 0 Å². The van der Waals surface area contributed by atoms with Crippen LogP contribution in [0.15, 0.2) is 24.3 Å². The van der Waals surface area contributed by atoms with Crippen LogP contribution in [0.1, 0.15) is 37.5 Å². The Kier molecular flexibility index (Phi) is 3.76. The van der Waals surface area contributed by atoms with Crippen LogP contribution in [0, 0.1) is 19.3 Å². The number of hydrogen-bond donors (Lipinski definition) is 1. The molecule has 0 unspecified atom stereocenters. The fraction of sp³-hybridized carbons (Fsp3) is 0.400. The molecule has 0 spiro atoms. The Morgan fingerprint density at radius 1 is 1.12 bits per heavy atom. The Labute approximate surface area is 103 Å². The van der Waals surface area contributed by atoms with E-state index in [1.807, 2.05) is 46.8 Å². The van der Waals surface area contributed by atoms with E-state index in [2.05, 4.69) is 6.07 Å². The topological polar surface area (TPSA) is 37.3 Å². The SMILES string of the molecule is Cc1cc(C)cc(/C(=C/C(=O)O)C(C)(C)C)c1. The molecule has 2 nitrogen and oxygen atoms in total. The molecule has 1 rings (SSSR count). The molecular formula is C15H20O2. The van der Waals surface area contributed by atoms with Crippen molar-refractivity contribution in [2.24, 2.45) is 5.41 Å².